The third-order valence-electron chi connectivity index (χ3n) is 6.67. The first-order chi connectivity index (χ1) is 19.5. The molecule has 4 aromatic rings. The van der Waals surface area contributed by atoms with E-state index in [1.54, 1.807) is 48.0 Å². The first-order valence-corrected chi connectivity index (χ1v) is 13.4. The van der Waals surface area contributed by atoms with Crippen molar-refractivity contribution in [2.75, 3.05) is 25.5 Å². The second kappa shape index (κ2) is 12.6. The lowest BCUT2D eigenvalue weighted by Gasteiger charge is -2.26. The summed E-state index contributed by atoms with van der Waals surface area (Å²) in [4.78, 5) is 38.0. The minimum Gasteiger partial charge on any atom is -0.374 e. The maximum absolute atomic E-state index is 14.2. The number of carbonyl (C=O) groups is 2. The van der Waals surface area contributed by atoms with Gasteiger partial charge in [-0.25, -0.2) is 14.4 Å². The molecule has 4 rings (SSSR count). The lowest BCUT2D eigenvalue weighted by atomic mass is 10.0. The number of nitrogens with one attached hydrogen (secondary N) is 1. The SMILES string of the molecule is CC(C)N(CC(=O)NCc1cccc(Cl)c1F)C(=O)Cn1cc(C(N)O)c2cc(-c3cnc(N(C)C)nc3)ccc21. The number of anilines is 1. The van der Waals surface area contributed by atoms with Crippen LogP contribution in [0.15, 0.2) is 55.0 Å². The van der Waals surface area contributed by atoms with Crippen molar-refractivity contribution >= 4 is 40.3 Å². The number of hydrogen-bond donors (Lipinski definition) is 3. The molecule has 2 aromatic heterocycles. The Morgan fingerprint density at radius 3 is 2.49 bits per heavy atom. The van der Waals surface area contributed by atoms with Crippen molar-refractivity contribution in [1.29, 1.82) is 0 Å². The van der Waals surface area contributed by atoms with Crippen LogP contribution in [0.3, 0.4) is 0 Å². The second-order valence-electron chi connectivity index (χ2n) is 10.2. The van der Waals surface area contributed by atoms with Crippen LogP contribution in [0.25, 0.3) is 22.0 Å². The van der Waals surface area contributed by atoms with Crippen molar-refractivity contribution in [2.24, 2.45) is 5.73 Å². The molecule has 1 atom stereocenters. The standard InChI is InChI=1S/C29H33ClFN7O3/c1-17(2)38(15-25(39)33-11-19-6-5-7-23(30)27(19)31)26(40)16-37-14-22(28(32)41)21-10-18(8-9-24(21)37)20-12-34-29(35-13-20)36(3)4/h5-10,12-14,17,28,41H,11,15-16,32H2,1-4H3,(H,33,39). The fourth-order valence-electron chi connectivity index (χ4n) is 4.46. The third-order valence-corrected chi connectivity index (χ3v) is 6.96. The number of aliphatic hydroxyl groups excluding tert-OH is 1. The number of hydrogen-bond acceptors (Lipinski definition) is 7. The van der Waals surface area contributed by atoms with Gasteiger partial charge in [0.1, 0.15) is 18.6 Å². The Morgan fingerprint density at radius 2 is 1.85 bits per heavy atom. The molecule has 0 aliphatic heterocycles. The maximum Gasteiger partial charge on any atom is 0.243 e. The van der Waals surface area contributed by atoms with Crippen LogP contribution in [-0.2, 0) is 22.7 Å². The quantitative estimate of drug-likeness (QED) is 0.245. The minimum atomic E-state index is -1.27. The van der Waals surface area contributed by atoms with Crippen LogP contribution in [0.5, 0.6) is 0 Å². The number of nitrogens with two attached hydrogens (primary N) is 1. The summed E-state index contributed by atoms with van der Waals surface area (Å²) in [7, 11) is 3.71. The summed E-state index contributed by atoms with van der Waals surface area (Å²) in [6, 6.07) is 9.88. The highest BCUT2D eigenvalue weighted by molar-refractivity contribution is 6.30. The summed E-state index contributed by atoms with van der Waals surface area (Å²) in [5, 5.41) is 13.6. The number of amides is 2. The molecule has 2 amide bonds. The number of carbonyl (C=O) groups excluding carboxylic acids is 2. The zero-order valence-electron chi connectivity index (χ0n) is 23.3. The zero-order valence-corrected chi connectivity index (χ0v) is 24.1. The van der Waals surface area contributed by atoms with Crippen LogP contribution in [0.2, 0.25) is 5.02 Å². The Labute approximate surface area is 242 Å². The normalized spacial score (nSPS) is 12.0. The molecule has 10 nitrogen and oxygen atoms in total. The number of aromatic nitrogens is 3. The number of halogens is 2. The van der Waals surface area contributed by atoms with E-state index in [2.05, 4.69) is 15.3 Å². The molecule has 0 aliphatic rings. The highest BCUT2D eigenvalue weighted by Crippen LogP contribution is 2.30. The minimum absolute atomic E-state index is 0.0284. The number of aliphatic hydroxyl groups is 1. The van der Waals surface area contributed by atoms with Crippen molar-refractivity contribution in [3.05, 3.63) is 77.0 Å². The molecule has 41 heavy (non-hydrogen) atoms. The van der Waals surface area contributed by atoms with Crippen LogP contribution >= 0.6 is 11.6 Å². The molecule has 1 unspecified atom stereocenters. The van der Waals surface area contributed by atoms with Crippen LogP contribution in [0.1, 0.15) is 31.2 Å². The molecule has 0 radical (unpaired) electrons. The molecule has 12 heteroatoms. The molecule has 0 bridgehead atoms. The summed E-state index contributed by atoms with van der Waals surface area (Å²) in [6.45, 7) is 3.26. The first kappa shape index (κ1) is 29.9. The van der Waals surface area contributed by atoms with E-state index in [0.29, 0.717) is 22.4 Å². The summed E-state index contributed by atoms with van der Waals surface area (Å²) < 4.78 is 15.9. The Hall–Kier alpha value is -4.06. The summed E-state index contributed by atoms with van der Waals surface area (Å²) >= 11 is 5.82. The summed E-state index contributed by atoms with van der Waals surface area (Å²) in [5.74, 6) is -0.757. The van der Waals surface area contributed by atoms with Crippen LogP contribution in [-0.4, -0.2) is 63.0 Å². The lowest BCUT2D eigenvalue weighted by molar-refractivity contribution is -0.138. The van der Waals surface area contributed by atoms with E-state index in [1.807, 2.05) is 32.3 Å². The van der Waals surface area contributed by atoms with Crippen molar-refractivity contribution in [2.45, 2.75) is 39.2 Å². The average molecular weight is 582 g/mol. The van der Waals surface area contributed by atoms with E-state index < -0.39 is 18.0 Å². The molecule has 0 fully saturated rings. The molecule has 0 spiro atoms. The molecular formula is C29H33ClFN7O3. The molecule has 2 aromatic carbocycles. The topological polar surface area (TPSA) is 130 Å². The molecule has 216 valence electrons. The lowest BCUT2D eigenvalue weighted by Crippen LogP contribution is -2.45. The van der Waals surface area contributed by atoms with Gasteiger partial charge >= 0.3 is 0 Å². The van der Waals surface area contributed by atoms with Gasteiger partial charge in [-0.2, -0.15) is 0 Å². The Morgan fingerprint density at radius 1 is 1.15 bits per heavy atom. The third kappa shape index (κ3) is 6.82. The van der Waals surface area contributed by atoms with E-state index in [0.717, 1.165) is 11.1 Å². The van der Waals surface area contributed by atoms with E-state index in [-0.39, 0.29) is 42.2 Å². The average Bonchev–Trinajstić information content (AvgIpc) is 3.30. The highest BCUT2D eigenvalue weighted by Gasteiger charge is 2.23. The fraction of sp³-hybridized carbons (Fsp3) is 0.310. The Bertz CT molecular complexity index is 1550. The summed E-state index contributed by atoms with van der Waals surface area (Å²) in [6.07, 6.45) is 3.81. The van der Waals surface area contributed by atoms with Gasteiger partial charge in [0, 0.05) is 72.9 Å². The van der Waals surface area contributed by atoms with Gasteiger partial charge in [0.25, 0.3) is 0 Å². The van der Waals surface area contributed by atoms with E-state index in [4.69, 9.17) is 17.3 Å². The predicted octanol–water partition coefficient (Wildman–Crippen LogP) is 3.46. The number of rotatable bonds is 10. The van der Waals surface area contributed by atoms with E-state index in [9.17, 15) is 19.1 Å². The molecule has 2 heterocycles. The van der Waals surface area contributed by atoms with Crippen LogP contribution < -0.4 is 16.0 Å². The van der Waals surface area contributed by atoms with Crippen LogP contribution in [0, 0.1) is 5.82 Å². The van der Waals surface area contributed by atoms with Crippen molar-refractivity contribution < 1.29 is 19.1 Å². The second-order valence-corrected chi connectivity index (χ2v) is 10.6. The Balaban J connectivity index is 1.53. The summed E-state index contributed by atoms with van der Waals surface area (Å²) in [5.41, 5.74) is 8.88. The van der Waals surface area contributed by atoms with Gasteiger partial charge in [0.15, 0.2) is 0 Å². The van der Waals surface area contributed by atoms with Gasteiger partial charge < -0.3 is 30.5 Å². The van der Waals surface area contributed by atoms with E-state index in [1.165, 1.54) is 17.0 Å². The van der Waals surface area contributed by atoms with Crippen LogP contribution in [0.4, 0.5) is 10.3 Å². The van der Waals surface area contributed by atoms with Crippen molar-refractivity contribution in [3.63, 3.8) is 0 Å². The van der Waals surface area contributed by atoms with Gasteiger partial charge in [-0.05, 0) is 37.6 Å². The first-order valence-electron chi connectivity index (χ1n) is 13.0. The number of fused-ring (bicyclic) bond motifs is 1. The Kier molecular flexibility index (Phi) is 9.21. The smallest absolute Gasteiger partial charge is 0.243 e. The van der Waals surface area contributed by atoms with Gasteiger partial charge in [-0.3, -0.25) is 9.59 Å². The van der Waals surface area contributed by atoms with E-state index >= 15 is 0 Å². The number of nitrogens with zero attached hydrogens (tertiary/aromatic N) is 5. The predicted molar refractivity (Wildman–Crippen MR) is 157 cm³/mol. The molecular weight excluding hydrogens is 549 g/mol. The van der Waals surface area contributed by atoms with Gasteiger partial charge in [-0.15, -0.1) is 0 Å². The molecule has 4 N–H and O–H groups in total. The molecule has 0 saturated heterocycles. The molecule has 0 aliphatic carbocycles. The largest absolute Gasteiger partial charge is 0.374 e. The maximum atomic E-state index is 14.2. The number of benzene rings is 2. The highest BCUT2D eigenvalue weighted by atomic mass is 35.5. The zero-order chi connectivity index (χ0) is 29.8. The van der Waals surface area contributed by atoms with Gasteiger partial charge in [-0.1, -0.05) is 29.8 Å². The molecule has 0 saturated carbocycles. The van der Waals surface area contributed by atoms with Gasteiger partial charge in [0.05, 0.1) is 11.6 Å². The van der Waals surface area contributed by atoms with Crippen molar-refractivity contribution in [3.8, 4) is 11.1 Å². The monoisotopic (exact) mass is 581 g/mol. The fourth-order valence-corrected chi connectivity index (χ4v) is 4.65. The van der Waals surface area contributed by atoms with Gasteiger partial charge in [0.2, 0.25) is 17.8 Å². The van der Waals surface area contributed by atoms with Crippen molar-refractivity contribution in [1.82, 2.24) is 24.8 Å².